The lowest BCUT2D eigenvalue weighted by molar-refractivity contribution is -0.416. The smallest absolute Gasteiger partial charge is 0.335 e. The molecule has 35 heavy (non-hydrogen) atoms. The van der Waals surface area contributed by atoms with Gasteiger partial charge < -0.3 is 79.9 Å². The average molecular weight is 518 g/mol. The van der Waals surface area contributed by atoms with Gasteiger partial charge >= 0.3 is 5.97 Å². The molecule has 3 rings (SSSR count). The van der Waals surface area contributed by atoms with Gasteiger partial charge in [0.25, 0.3) is 0 Å². The van der Waals surface area contributed by atoms with E-state index < -0.39 is 111 Å². The molecule has 0 radical (unpaired) electrons. The van der Waals surface area contributed by atoms with E-state index in [1.165, 1.54) is 0 Å². The number of carbonyl (C=O) groups is 1. The Hall–Kier alpha value is -1.13. The van der Waals surface area contributed by atoms with Gasteiger partial charge in [0.1, 0.15) is 67.6 Å². The van der Waals surface area contributed by atoms with Gasteiger partial charge in [-0.15, -0.1) is 0 Å². The van der Waals surface area contributed by atoms with Crippen LogP contribution < -0.4 is 0 Å². The Morgan fingerprint density at radius 1 is 0.800 bits per heavy atom. The van der Waals surface area contributed by atoms with Crippen LogP contribution >= 0.6 is 0 Å². The molecule has 0 saturated carbocycles. The second kappa shape index (κ2) is 11.1. The van der Waals surface area contributed by atoms with Crippen molar-refractivity contribution in [1.29, 1.82) is 0 Å². The quantitative estimate of drug-likeness (QED) is 0.149. The third-order valence-corrected chi connectivity index (χ3v) is 6.11. The molecule has 0 amide bonds. The standard InChI is InChI=1S/C18H30O17/c19-3-18(14(28)6(21)4(20)1-32-18)35-17-12(27)8(23)7(22)5(33-17)2-31-16-11(26)9(24)10(25)13(34-16)15(29)30/h4-14,16-17,19-28H,1-3H2,(H,29,30)/t4-,5-,6-,7-,8+,9+,10-,11-,12-,13+,14+,16+,17-,18+/m1/s1. The number of aliphatic hydroxyl groups excluding tert-OH is 10. The van der Waals surface area contributed by atoms with Crippen LogP contribution in [0.3, 0.4) is 0 Å². The largest absolute Gasteiger partial charge is 0.479 e. The molecule has 0 aliphatic carbocycles. The molecule has 3 saturated heterocycles. The molecule has 17 nitrogen and oxygen atoms in total. The summed E-state index contributed by atoms with van der Waals surface area (Å²) in [7, 11) is 0. The highest BCUT2D eigenvalue weighted by Gasteiger charge is 2.55. The Bertz CT molecular complexity index is 725. The Kier molecular flexibility index (Phi) is 9.01. The van der Waals surface area contributed by atoms with E-state index in [2.05, 4.69) is 0 Å². The minimum Gasteiger partial charge on any atom is -0.479 e. The summed E-state index contributed by atoms with van der Waals surface area (Å²) in [6, 6.07) is 0. The van der Waals surface area contributed by atoms with Gasteiger partial charge in [0.15, 0.2) is 18.7 Å². The molecular formula is C18H30O17. The SMILES string of the molecule is O=C(O)[C@H]1O[C@H](OC[C@H]2O[C@H](O[C@]3(CO)OC[C@@H](O)[C@@H](O)[C@@H]3O)[C@H](O)[C@@H](O)[C@@H]2O)[C@H](O)[C@@H](O)[C@H]1O. The van der Waals surface area contributed by atoms with E-state index >= 15 is 0 Å². The predicted octanol–water partition coefficient (Wildman–Crippen LogP) is -7.48. The average Bonchev–Trinajstić information content (AvgIpc) is 2.83. The van der Waals surface area contributed by atoms with Gasteiger partial charge in [-0.1, -0.05) is 0 Å². The Morgan fingerprint density at radius 3 is 2.00 bits per heavy atom. The molecule has 0 unspecified atom stereocenters. The second-order valence-corrected chi connectivity index (χ2v) is 8.48. The monoisotopic (exact) mass is 518 g/mol. The minimum atomic E-state index is -2.41. The fraction of sp³-hybridized carbons (Fsp3) is 0.944. The summed E-state index contributed by atoms with van der Waals surface area (Å²) >= 11 is 0. The third kappa shape index (κ3) is 5.44. The van der Waals surface area contributed by atoms with E-state index in [0.717, 1.165) is 0 Å². The highest BCUT2D eigenvalue weighted by Crippen LogP contribution is 2.33. The molecule has 17 heteroatoms. The maximum Gasteiger partial charge on any atom is 0.335 e. The maximum absolute atomic E-state index is 11.2. The van der Waals surface area contributed by atoms with Crippen LogP contribution in [0.1, 0.15) is 0 Å². The van der Waals surface area contributed by atoms with Crippen LogP contribution in [0.15, 0.2) is 0 Å². The van der Waals surface area contributed by atoms with Gasteiger partial charge in [-0.2, -0.15) is 0 Å². The Labute approximate surface area is 196 Å². The first kappa shape index (κ1) is 28.4. The molecule has 0 aromatic heterocycles. The molecule has 0 spiro atoms. The molecule has 204 valence electrons. The van der Waals surface area contributed by atoms with Crippen LogP contribution in [0.5, 0.6) is 0 Å². The second-order valence-electron chi connectivity index (χ2n) is 8.48. The van der Waals surface area contributed by atoms with Crippen molar-refractivity contribution in [3.05, 3.63) is 0 Å². The van der Waals surface area contributed by atoms with Gasteiger partial charge in [-0.3, -0.25) is 0 Å². The first-order valence-corrected chi connectivity index (χ1v) is 10.5. The molecule has 0 aromatic carbocycles. The first-order valence-electron chi connectivity index (χ1n) is 10.5. The van der Waals surface area contributed by atoms with Crippen molar-refractivity contribution in [2.24, 2.45) is 0 Å². The van der Waals surface area contributed by atoms with E-state index in [-0.39, 0.29) is 0 Å². The summed E-state index contributed by atoms with van der Waals surface area (Å²) in [5.74, 6) is -4.07. The van der Waals surface area contributed by atoms with E-state index in [4.69, 9.17) is 28.8 Å². The third-order valence-electron chi connectivity index (χ3n) is 6.11. The van der Waals surface area contributed by atoms with Crippen molar-refractivity contribution >= 4 is 5.97 Å². The number of ether oxygens (including phenoxy) is 5. The topological polar surface area (TPSA) is 286 Å². The molecule has 0 aromatic rings. The van der Waals surface area contributed by atoms with Crippen molar-refractivity contribution < 1.29 is 84.7 Å². The number of aliphatic hydroxyl groups is 10. The van der Waals surface area contributed by atoms with Crippen LogP contribution in [-0.4, -0.2) is 167 Å². The van der Waals surface area contributed by atoms with Crippen LogP contribution in [0.25, 0.3) is 0 Å². The van der Waals surface area contributed by atoms with Gasteiger partial charge in [0, 0.05) is 0 Å². The summed E-state index contributed by atoms with van der Waals surface area (Å²) in [4.78, 5) is 11.2. The fourth-order valence-electron chi connectivity index (χ4n) is 3.89. The van der Waals surface area contributed by atoms with Crippen molar-refractivity contribution in [1.82, 2.24) is 0 Å². The van der Waals surface area contributed by atoms with E-state index in [0.29, 0.717) is 0 Å². The number of hydrogen-bond acceptors (Lipinski definition) is 16. The van der Waals surface area contributed by atoms with E-state index in [1.54, 1.807) is 0 Å². The first-order chi connectivity index (χ1) is 16.3. The number of carboxylic acid groups (broad SMARTS) is 1. The number of aliphatic carboxylic acids is 1. The molecule has 3 heterocycles. The zero-order chi connectivity index (χ0) is 26.2. The van der Waals surface area contributed by atoms with Gasteiger partial charge in [0.05, 0.1) is 13.2 Å². The summed E-state index contributed by atoms with van der Waals surface area (Å²) in [5.41, 5.74) is 0. The highest BCUT2D eigenvalue weighted by atomic mass is 16.8. The maximum atomic E-state index is 11.2. The summed E-state index contributed by atoms with van der Waals surface area (Å²) in [5, 5.41) is 109. The predicted molar refractivity (Wildman–Crippen MR) is 102 cm³/mol. The molecule has 14 atom stereocenters. The summed E-state index contributed by atoms with van der Waals surface area (Å²) in [6.45, 7) is -2.43. The van der Waals surface area contributed by atoms with Gasteiger partial charge in [-0.25, -0.2) is 4.79 Å². The zero-order valence-corrected chi connectivity index (χ0v) is 18.0. The zero-order valence-electron chi connectivity index (χ0n) is 18.0. The lowest BCUT2D eigenvalue weighted by Crippen LogP contribution is -2.68. The van der Waals surface area contributed by atoms with Crippen LogP contribution in [-0.2, 0) is 28.5 Å². The molecule has 0 bridgehead atoms. The van der Waals surface area contributed by atoms with Crippen molar-refractivity contribution in [3.8, 4) is 0 Å². The van der Waals surface area contributed by atoms with Crippen LogP contribution in [0.2, 0.25) is 0 Å². The minimum absolute atomic E-state index is 0.588. The molecule has 3 aliphatic rings. The van der Waals surface area contributed by atoms with Crippen LogP contribution in [0.4, 0.5) is 0 Å². The van der Waals surface area contributed by atoms with E-state index in [9.17, 15) is 55.9 Å². The number of hydrogen-bond donors (Lipinski definition) is 11. The van der Waals surface area contributed by atoms with Crippen LogP contribution in [0, 0.1) is 0 Å². The summed E-state index contributed by atoms with van der Waals surface area (Å²) < 4.78 is 25.9. The highest BCUT2D eigenvalue weighted by molar-refractivity contribution is 5.73. The lowest BCUT2D eigenvalue weighted by atomic mass is 9.96. The molecular weight excluding hydrogens is 488 g/mol. The number of carboxylic acids is 1. The molecule has 3 aliphatic heterocycles. The number of rotatable bonds is 7. The molecule has 3 fully saturated rings. The Balaban J connectivity index is 1.70. The normalized spacial score (nSPS) is 51.2. The van der Waals surface area contributed by atoms with Crippen molar-refractivity contribution in [2.75, 3.05) is 19.8 Å². The summed E-state index contributed by atoms with van der Waals surface area (Å²) in [6.07, 6.45) is -24.3. The fourth-order valence-corrected chi connectivity index (χ4v) is 3.89. The van der Waals surface area contributed by atoms with Crippen molar-refractivity contribution in [3.63, 3.8) is 0 Å². The van der Waals surface area contributed by atoms with Crippen molar-refractivity contribution in [2.45, 2.75) is 85.5 Å². The molecule has 11 N–H and O–H groups in total. The van der Waals surface area contributed by atoms with Gasteiger partial charge in [0.2, 0.25) is 5.79 Å². The van der Waals surface area contributed by atoms with Gasteiger partial charge in [-0.05, 0) is 0 Å². The Morgan fingerprint density at radius 2 is 1.40 bits per heavy atom. The van der Waals surface area contributed by atoms with E-state index in [1.807, 2.05) is 0 Å². The lowest BCUT2D eigenvalue weighted by Gasteiger charge is -2.48.